The molecule has 4 nitrogen and oxygen atoms in total. The van der Waals surface area contributed by atoms with E-state index in [0.717, 1.165) is 6.42 Å². The molecule has 0 radical (unpaired) electrons. The van der Waals surface area contributed by atoms with Gasteiger partial charge in [-0.05, 0) is 19.0 Å². The molecule has 0 aliphatic carbocycles. The summed E-state index contributed by atoms with van der Waals surface area (Å²) in [4.78, 5) is 7.72. The standard InChI is InChI=1S/C8H11N3O/c9-4-2-1-3-8-10-5-7(12)6-11-8/h1,3,5-6,12H,2,4,9H2. The molecular formula is C8H11N3O. The van der Waals surface area contributed by atoms with Gasteiger partial charge in [-0.3, -0.25) is 0 Å². The van der Waals surface area contributed by atoms with Crippen molar-refractivity contribution in [2.45, 2.75) is 6.42 Å². The monoisotopic (exact) mass is 165 g/mol. The number of hydrogen-bond acceptors (Lipinski definition) is 4. The van der Waals surface area contributed by atoms with Gasteiger partial charge in [0.1, 0.15) is 0 Å². The lowest BCUT2D eigenvalue weighted by Gasteiger charge is -1.91. The van der Waals surface area contributed by atoms with E-state index in [0.29, 0.717) is 12.4 Å². The van der Waals surface area contributed by atoms with Crippen molar-refractivity contribution in [2.24, 2.45) is 5.73 Å². The van der Waals surface area contributed by atoms with Crippen LogP contribution in [-0.2, 0) is 0 Å². The molecule has 1 aromatic heterocycles. The summed E-state index contributed by atoms with van der Waals surface area (Å²) in [7, 11) is 0. The first-order chi connectivity index (χ1) is 5.83. The van der Waals surface area contributed by atoms with Gasteiger partial charge in [0.25, 0.3) is 0 Å². The minimum Gasteiger partial charge on any atom is -0.505 e. The molecular weight excluding hydrogens is 154 g/mol. The van der Waals surface area contributed by atoms with Crippen LogP contribution in [-0.4, -0.2) is 21.6 Å². The van der Waals surface area contributed by atoms with Crippen molar-refractivity contribution < 1.29 is 5.11 Å². The third kappa shape index (κ3) is 2.67. The highest BCUT2D eigenvalue weighted by atomic mass is 16.3. The van der Waals surface area contributed by atoms with Crippen molar-refractivity contribution in [3.05, 3.63) is 24.3 Å². The molecule has 0 bridgehead atoms. The van der Waals surface area contributed by atoms with Crippen LogP contribution in [0.2, 0.25) is 0 Å². The molecule has 0 unspecified atom stereocenters. The summed E-state index contributed by atoms with van der Waals surface area (Å²) < 4.78 is 0. The fourth-order valence-electron chi connectivity index (χ4n) is 0.702. The van der Waals surface area contributed by atoms with Crippen molar-refractivity contribution in [1.82, 2.24) is 9.97 Å². The molecule has 0 saturated carbocycles. The molecule has 1 rings (SSSR count). The molecule has 0 atom stereocenters. The van der Waals surface area contributed by atoms with Crippen molar-refractivity contribution in [3.8, 4) is 5.75 Å². The number of hydrogen-bond donors (Lipinski definition) is 2. The van der Waals surface area contributed by atoms with Gasteiger partial charge >= 0.3 is 0 Å². The van der Waals surface area contributed by atoms with Gasteiger partial charge in [-0.15, -0.1) is 0 Å². The zero-order valence-corrected chi connectivity index (χ0v) is 6.64. The lowest BCUT2D eigenvalue weighted by atomic mass is 10.3. The Morgan fingerprint density at radius 3 is 2.67 bits per heavy atom. The highest BCUT2D eigenvalue weighted by molar-refractivity contribution is 5.39. The fourth-order valence-corrected chi connectivity index (χ4v) is 0.702. The normalized spacial score (nSPS) is 10.8. The predicted octanol–water partition coefficient (Wildman–Crippen LogP) is 0.544. The molecule has 3 N–H and O–H groups in total. The summed E-state index contributed by atoms with van der Waals surface area (Å²) >= 11 is 0. The molecule has 64 valence electrons. The predicted molar refractivity (Wildman–Crippen MR) is 46.4 cm³/mol. The minimum atomic E-state index is 0.0750. The second-order valence-electron chi connectivity index (χ2n) is 2.28. The number of nitrogens with two attached hydrogens (primary N) is 1. The molecule has 0 spiro atoms. The molecule has 1 heterocycles. The van der Waals surface area contributed by atoms with Crippen LogP contribution >= 0.6 is 0 Å². The Hall–Kier alpha value is -1.42. The maximum Gasteiger partial charge on any atom is 0.152 e. The summed E-state index contributed by atoms with van der Waals surface area (Å²) in [6.07, 6.45) is 7.19. The van der Waals surface area contributed by atoms with E-state index in [1.807, 2.05) is 6.08 Å². The minimum absolute atomic E-state index is 0.0750. The maximum atomic E-state index is 8.86. The van der Waals surface area contributed by atoms with E-state index in [9.17, 15) is 0 Å². The lowest BCUT2D eigenvalue weighted by molar-refractivity contribution is 0.469. The topological polar surface area (TPSA) is 72.0 Å². The van der Waals surface area contributed by atoms with Crippen molar-refractivity contribution >= 4 is 6.08 Å². The third-order valence-corrected chi connectivity index (χ3v) is 1.26. The van der Waals surface area contributed by atoms with Gasteiger partial charge in [-0.1, -0.05) is 6.08 Å². The zero-order chi connectivity index (χ0) is 8.81. The summed E-state index contributed by atoms with van der Waals surface area (Å²) in [5, 5.41) is 8.86. The van der Waals surface area contributed by atoms with Crippen LogP contribution in [0.3, 0.4) is 0 Å². The molecule has 1 aromatic rings. The Bertz CT molecular complexity index is 256. The fraction of sp³-hybridized carbons (Fsp3) is 0.250. The van der Waals surface area contributed by atoms with E-state index in [1.165, 1.54) is 12.4 Å². The lowest BCUT2D eigenvalue weighted by Crippen LogP contribution is -1.95. The average molecular weight is 165 g/mol. The highest BCUT2D eigenvalue weighted by Crippen LogP contribution is 2.02. The quantitative estimate of drug-likeness (QED) is 0.685. The number of nitrogens with zero attached hydrogens (tertiary/aromatic N) is 2. The van der Waals surface area contributed by atoms with E-state index < -0.39 is 0 Å². The molecule has 0 aliphatic heterocycles. The first kappa shape index (κ1) is 8.67. The van der Waals surface area contributed by atoms with E-state index >= 15 is 0 Å². The Labute approximate surface area is 70.8 Å². The van der Waals surface area contributed by atoms with Crippen LogP contribution in [0, 0.1) is 0 Å². The van der Waals surface area contributed by atoms with Crippen molar-refractivity contribution in [2.75, 3.05) is 6.54 Å². The summed E-state index contributed by atoms with van der Waals surface area (Å²) in [5.74, 6) is 0.659. The molecule has 4 heteroatoms. The van der Waals surface area contributed by atoms with Crippen LogP contribution in [0.1, 0.15) is 12.2 Å². The van der Waals surface area contributed by atoms with Gasteiger partial charge in [-0.25, -0.2) is 9.97 Å². The molecule has 0 amide bonds. The summed E-state index contributed by atoms with van der Waals surface area (Å²) in [6, 6.07) is 0. The van der Waals surface area contributed by atoms with E-state index in [4.69, 9.17) is 10.8 Å². The summed E-state index contributed by atoms with van der Waals surface area (Å²) in [6.45, 7) is 0.620. The Balaban J connectivity index is 2.58. The van der Waals surface area contributed by atoms with Crippen molar-refractivity contribution in [1.29, 1.82) is 0 Å². The van der Waals surface area contributed by atoms with Crippen LogP contribution in [0.25, 0.3) is 6.08 Å². The van der Waals surface area contributed by atoms with E-state index in [2.05, 4.69) is 9.97 Å². The number of aromatic hydroxyl groups is 1. The molecule has 0 saturated heterocycles. The Morgan fingerprint density at radius 1 is 1.42 bits per heavy atom. The second-order valence-corrected chi connectivity index (χ2v) is 2.28. The Morgan fingerprint density at radius 2 is 2.08 bits per heavy atom. The van der Waals surface area contributed by atoms with E-state index in [1.54, 1.807) is 6.08 Å². The largest absolute Gasteiger partial charge is 0.505 e. The van der Waals surface area contributed by atoms with Crippen LogP contribution in [0.4, 0.5) is 0 Å². The second kappa shape index (κ2) is 4.46. The van der Waals surface area contributed by atoms with Crippen LogP contribution in [0.5, 0.6) is 5.75 Å². The van der Waals surface area contributed by atoms with Gasteiger partial charge in [0, 0.05) is 0 Å². The zero-order valence-electron chi connectivity index (χ0n) is 6.64. The molecule has 0 fully saturated rings. The molecule has 12 heavy (non-hydrogen) atoms. The van der Waals surface area contributed by atoms with Gasteiger partial charge < -0.3 is 10.8 Å². The SMILES string of the molecule is NCCC=Cc1ncc(O)cn1. The first-order valence-corrected chi connectivity index (χ1v) is 3.70. The van der Waals surface area contributed by atoms with Gasteiger partial charge in [0.2, 0.25) is 0 Å². The molecule has 0 aliphatic rings. The van der Waals surface area contributed by atoms with Gasteiger partial charge in [0.15, 0.2) is 11.6 Å². The average Bonchev–Trinajstić information content (AvgIpc) is 2.09. The molecule has 0 aromatic carbocycles. The van der Waals surface area contributed by atoms with Crippen LogP contribution in [0.15, 0.2) is 18.5 Å². The Kier molecular flexibility index (Phi) is 3.22. The first-order valence-electron chi connectivity index (χ1n) is 3.70. The van der Waals surface area contributed by atoms with Crippen LogP contribution < -0.4 is 5.73 Å². The van der Waals surface area contributed by atoms with Gasteiger partial charge in [-0.2, -0.15) is 0 Å². The third-order valence-electron chi connectivity index (χ3n) is 1.26. The number of rotatable bonds is 3. The summed E-state index contributed by atoms with van der Waals surface area (Å²) in [5.41, 5.74) is 5.28. The maximum absolute atomic E-state index is 8.86. The van der Waals surface area contributed by atoms with Crippen molar-refractivity contribution in [3.63, 3.8) is 0 Å². The van der Waals surface area contributed by atoms with E-state index in [-0.39, 0.29) is 5.75 Å². The highest BCUT2D eigenvalue weighted by Gasteiger charge is 1.89. The number of aromatic nitrogens is 2. The van der Waals surface area contributed by atoms with Gasteiger partial charge in [0.05, 0.1) is 12.4 Å². The smallest absolute Gasteiger partial charge is 0.152 e.